The minimum atomic E-state index is -3.34. The third kappa shape index (κ3) is 2.94. The average molecular weight is 273 g/mol. The van der Waals surface area contributed by atoms with Gasteiger partial charge in [0, 0.05) is 6.07 Å². The van der Waals surface area contributed by atoms with Crippen molar-refractivity contribution in [1.29, 1.82) is 0 Å². The molecule has 0 aliphatic carbocycles. The summed E-state index contributed by atoms with van der Waals surface area (Å²) in [6.07, 6.45) is 0.603. The second-order valence-electron chi connectivity index (χ2n) is 3.76. The molecule has 0 aliphatic heterocycles. The maximum atomic E-state index is 12.0. The lowest BCUT2D eigenvalue weighted by atomic mass is 10.1. The van der Waals surface area contributed by atoms with Crippen LogP contribution in [0.3, 0.4) is 0 Å². The van der Waals surface area contributed by atoms with Crippen LogP contribution in [0.4, 0.5) is 0 Å². The van der Waals surface area contributed by atoms with Crippen LogP contribution in [0, 0.1) is 0 Å². The fourth-order valence-corrected chi connectivity index (χ4v) is 2.73. The maximum Gasteiger partial charge on any atom is 0.181 e. The second-order valence-corrected chi connectivity index (χ2v) is 6.00. The molecule has 0 heterocycles. The highest BCUT2D eigenvalue weighted by Gasteiger charge is 2.20. The molecule has 0 fully saturated rings. The third-order valence-corrected chi connectivity index (χ3v) is 4.44. The number of sulfone groups is 1. The highest BCUT2D eigenvalue weighted by molar-refractivity contribution is 7.91. The zero-order chi connectivity index (χ0) is 13.8. The molecule has 6 heteroatoms. The van der Waals surface area contributed by atoms with Gasteiger partial charge in [-0.2, -0.15) is 0 Å². The van der Waals surface area contributed by atoms with E-state index >= 15 is 0 Å². The lowest BCUT2D eigenvalue weighted by Crippen LogP contribution is -2.09. The van der Waals surface area contributed by atoms with Crippen molar-refractivity contribution in [2.75, 3.05) is 26.5 Å². The van der Waals surface area contributed by atoms with Gasteiger partial charge in [0.25, 0.3) is 0 Å². The molecule has 1 aromatic carbocycles. The first kappa shape index (κ1) is 14.8. The summed E-state index contributed by atoms with van der Waals surface area (Å²) in [6, 6.07) is 3.18. The van der Waals surface area contributed by atoms with Crippen molar-refractivity contribution in [3.05, 3.63) is 17.7 Å². The number of benzene rings is 1. The first-order valence-corrected chi connectivity index (χ1v) is 7.33. The van der Waals surface area contributed by atoms with Crippen LogP contribution in [0.5, 0.6) is 11.5 Å². The third-order valence-electron chi connectivity index (χ3n) is 2.70. The van der Waals surface area contributed by atoms with E-state index in [1.165, 1.54) is 20.3 Å². The minimum absolute atomic E-state index is 0.0166. The van der Waals surface area contributed by atoms with Gasteiger partial charge in [-0.15, -0.1) is 0 Å². The summed E-state index contributed by atoms with van der Waals surface area (Å²) >= 11 is 0. The van der Waals surface area contributed by atoms with Gasteiger partial charge in [-0.1, -0.05) is 6.92 Å². The predicted molar refractivity (Wildman–Crippen MR) is 70.0 cm³/mol. The topological polar surface area (TPSA) is 78.6 Å². The molecule has 1 aromatic rings. The van der Waals surface area contributed by atoms with Crippen molar-refractivity contribution in [1.82, 2.24) is 0 Å². The van der Waals surface area contributed by atoms with Gasteiger partial charge in [-0.3, -0.25) is 0 Å². The van der Waals surface area contributed by atoms with Gasteiger partial charge >= 0.3 is 0 Å². The number of hydrogen-bond donors (Lipinski definition) is 1. The fourth-order valence-electron chi connectivity index (χ4n) is 1.68. The molecule has 2 N–H and O–H groups in total. The van der Waals surface area contributed by atoms with Crippen LogP contribution in [-0.2, 0) is 16.3 Å². The Labute approximate surface area is 108 Å². The summed E-state index contributed by atoms with van der Waals surface area (Å²) in [7, 11) is -0.390. The molecule has 1 rings (SSSR count). The van der Waals surface area contributed by atoms with Crippen molar-refractivity contribution in [2.45, 2.75) is 18.2 Å². The number of ether oxygens (including phenoxy) is 2. The Kier molecular flexibility index (Phi) is 4.98. The van der Waals surface area contributed by atoms with E-state index in [2.05, 4.69) is 0 Å². The summed E-state index contributed by atoms with van der Waals surface area (Å²) in [5, 5.41) is 0. The summed E-state index contributed by atoms with van der Waals surface area (Å²) in [5.74, 6) is 0.873. The van der Waals surface area contributed by atoms with E-state index in [0.29, 0.717) is 24.5 Å². The number of methoxy groups -OCH3 is 2. The van der Waals surface area contributed by atoms with E-state index in [4.69, 9.17) is 15.2 Å². The van der Waals surface area contributed by atoms with Gasteiger partial charge in [0.05, 0.1) is 20.0 Å². The van der Waals surface area contributed by atoms with Gasteiger partial charge in [0.2, 0.25) is 0 Å². The van der Waals surface area contributed by atoms with Gasteiger partial charge in [0.15, 0.2) is 9.84 Å². The SMILES string of the molecule is CCS(=O)(=O)c1cc(OC)c(CCN)cc1OC. The molecular weight excluding hydrogens is 254 g/mol. The van der Waals surface area contributed by atoms with Gasteiger partial charge in [0.1, 0.15) is 16.4 Å². The van der Waals surface area contributed by atoms with E-state index in [1.807, 2.05) is 0 Å². The fraction of sp³-hybridized carbons (Fsp3) is 0.500. The van der Waals surface area contributed by atoms with Gasteiger partial charge in [-0.25, -0.2) is 8.42 Å². The molecule has 102 valence electrons. The molecule has 0 unspecified atom stereocenters. The molecule has 18 heavy (non-hydrogen) atoms. The molecule has 0 amide bonds. The van der Waals surface area contributed by atoms with Crippen molar-refractivity contribution in [2.24, 2.45) is 5.73 Å². The molecule has 5 nitrogen and oxygen atoms in total. The molecule has 0 saturated heterocycles. The van der Waals surface area contributed by atoms with Gasteiger partial charge in [-0.05, 0) is 24.6 Å². The molecule has 0 atom stereocenters. The quantitative estimate of drug-likeness (QED) is 0.836. The Hall–Kier alpha value is -1.27. The van der Waals surface area contributed by atoms with Crippen molar-refractivity contribution >= 4 is 9.84 Å². The Morgan fingerprint density at radius 2 is 1.78 bits per heavy atom. The van der Waals surface area contributed by atoms with Crippen LogP contribution in [0.1, 0.15) is 12.5 Å². The molecule has 0 spiro atoms. The van der Waals surface area contributed by atoms with E-state index in [9.17, 15) is 8.42 Å². The van der Waals surface area contributed by atoms with Crippen molar-refractivity contribution in [3.63, 3.8) is 0 Å². The monoisotopic (exact) mass is 273 g/mol. The normalized spacial score (nSPS) is 11.3. The Morgan fingerprint density at radius 1 is 1.17 bits per heavy atom. The molecule has 0 bridgehead atoms. The first-order chi connectivity index (χ1) is 8.50. The predicted octanol–water partition coefficient (Wildman–Crippen LogP) is 0.999. The van der Waals surface area contributed by atoms with E-state index in [1.54, 1.807) is 13.0 Å². The van der Waals surface area contributed by atoms with Crippen LogP contribution >= 0.6 is 0 Å². The van der Waals surface area contributed by atoms with E-state index in [-0.39, 0.29) is 10.6 Å². The maximum absolute atomic E-state index is 12.0. The lowest BCUT2D eigenvalue weighted by molar-refractivity contribution is 0.389. The smallest absolute Gasteiger partial charge is 0.181 e. The van der Waals surface area contributed by atoms with Gasteiger partial charge < -0.3 is 15.2 Å². The van der Waals surface area contributed by atoms with Crippen LogP contribution < -0.4 is 15.2 Å². The zero-order valence-electron chi connectivity index (χ0n) is 10.9. The van der Waals surface area contributed by atoms with Crippen LogP contribution in [-0.4, -0.2) is 34.9 Å². The lowest BCUT2D eigenvalue weighted by Gasteiger charge is -2.14. The Bertz CT molecular complexity index is 511. The van der Waals surface area contributed by atoms with Crippen molar-refractivity contribution in [3.8, 4) is 11.5 Å². The molecule has 0 saturated carbocycles. The molecule has 0 aromatic heterocycles. The summed E-state index contributed by atoms with van der Waals surface area (Å²) in [4.78, 5) is 0.158. The molecule has 0 aliphatic rings. The zero-order valence-corrected chi connectivity index (χ0v) is 11.7. The highest BCUT2D eigenvalue weighted by Crippen LogP contribution is 2.32. The van der Waals surface area contributed by atoms with Crippen LogP contribution in [0.15, 0.2) is 17.0 Å². The number of nitrogens with two attached hydrogens (primary N) is 1. The standard InChI is InChI=1S/C12H19NO4S/c1-4-18(14,15)12-8-10(16-2)9(5-6-13)7-11(12)17-3/h7-8H,4-6,13H2,1-3H3. The average Bonchev–Trinajstić information content (AvgIpc) is 2.38. The minimum Gasteiger partial charge on any atom is -0.496 e. The van der Waals surface area contributed by atoms with E-state index < -0.39 is 9.84 Å². The Balaban J connectivity index is 3.44. The van der Waals surface area contributed by atoms with Crippen LogP contribution in [0.2, 0.25) is 0 Å². The summed E-state index contributed by atoms with van der Waals surface area (Å²) in [5.41, 5.74) is 6.35. The van der Waals surface area contributed by atoms with E-state index in [0.717, 1.165) is 5.56 Å². The van der Waals surface area contributed by atoms with Crippen LogP contribution in [0.25, 0.3) is 0 Å². The summed E-state index contributed by atoms with van der Waals surface area (Å²) in [6.45, 7) is 2.05. The first-order valence-electron chi connectivity index (χ1n) is 5.67. The molecular formula is C12H19NO4S. The number of hydrogen-bond acceptors (Lipinski definition) is 5. The second kappa shape index (κ2) is 6.06. The summed E-state index contributed by atoms with van der Waals surface area (Å²) < 4.78 is 34.3. The largest absolute Gasteiger partial charge is 0.496 e. The number of rotatable bonds is 6. The molecule has 0 radical (unpaired) electrons. The Morgan fingerprint density at radius 3 is 2.22 bits per heavy atom. The highest BCUT2D eigenvalue weighted by atomic mass is 32.2. The van der Waals surface area contributed by atoms with Crippen molar-refractivity contribution < 1.29 is 17.9 Å².